The third-order valence-electron chi connectivity index (χ3n) is 3.00. The number of rotatable bonds is 3. The van der Waals surface area contributed by atoms with Crippen molar-refractivity contribution < 1.29 is 9.53 Å². The summed E-state index contributed by atoms with van der Waals surface area (Å²) in [5, 5.41) is 2.77. The summed E-state index contributed by atoms with van der Waals surface area (Å²) in [7, 11) is 0. The Kier molecular flexibility index (Phi) is 4.30. The van der Waals surface area contributed by atoms with Gasteiger partial charge in [0.25, 0.3) is 0 Å². The second-order valence-electron chi connectivity index (χ2n) is 4.32. The van der Waals surface area contributed by atoms with Gasteiger partial charge in [0.1, 0.15) is 0 Å². The third-order valence-corrected chi connectivity index (χ3v) is 3.00. The summed E-state index contributed by atoms with van der Waals surface area (Å²) in [6.07, 6.45) is 10.3. The molecule has 5 heteroatoms. The highest BCUT2D eigenvalue weighted by Crippen LogP contribution is 2.22. The third kappa shape index (κ3) is 4.01. The van der Waals surface area contributed by atoms with Gasteiger partial charge in [-0.3, -0.25) is 4.98 Å². The molecule has 0 radical (unpaired) electrons. The first-order chi connectivity index (χ1) is 8.34. The van der Waals surface area contributed by atoms with Gasteiger partial charge in [0.2, 0.25) is 5.88 Å². The average Bonchev–Trinajstić information content (AvgIpc) is 2.39. The Bertz CT molecular complexity index is 350. The minimum atomic E-state index is -0.448. The lowest BCUT2D eigenvalue weighted by Gasteiger charge is -2.21. The number of carbonyl (C=O) groups excluding carboxylic acids is 1. The maximum absolute atomic E-state index is 11.5. The van der Waals surface area contributed by atoms with Crippen molar-refractivity contribution in [2.45, 2.75) is 32.1 Å². The number of hydrogen-bond acceptors (Lipinski definition) is 4. The molecule has 1 aromatic rings. The second-order valence-corrected chi connectivity index (χ2v) is 4.32. The van der Waals surface area contributed by atoms with Gasteiger partial charge in [0.15, 0.2) is 0 Å². The Morgan fingerprint density at radius 3 is 2.88 bits per heavy atom. The first-order valence-electron chi connectivity index (χ1n) is 6.06. The van der Waals surface area contributed by atoms with E-state index in [1.807, 2.05) is 0 Å². The Balaban J connectivity index is 1.70. The summed E-state index contributed by atoms with van der Waals surface area (Å²) in [6.45, 7) is 0.694. The molecule has 1 amide bonds. The highest BCUT2D eigenvalue weighted by atomic mass is 16.6. The number of aromatic nitrogens is 2. The number of nitrogens with zero attached hydrogens (tertiary/aromatic N) is 2. The van der Waals surface area contributed by atoms with Crippen LogP contribution in [0, 0.1) is 5.92 Å². The lowest BCUT2D eigenvalue weighted by molar-refractivity contribution is 0.194. The largest absolute Gasteiger partial charge is 0.414 e. The first-order valence-corrected chi connectivity index (χ1v) is 6.06. The first kappa shape index (κ1) is 11.8. The molecular formula is C12H17N3O2. The summed E-state index contributed by atoms with van der Waals surface area (Å²) in [4.78, 5) is 19.1. The van der Waals surface area contributed by atoms with Crippen LogP contribution in [0.15, 0.2) is 18.6 Å². The molecule has 1 saturated carbocycles. The van der Waals surface area contributed by atoms with Crippen molar-refractivity contribution in [1.82, 2.24) is 15.3 Å². The molecule has 0 bridgehead atoms. The molecule has 5 nitrogen and oxygen atoms in total. The van der Waals surface area contributed by atoms with Crippen molar-refractivity contribution in [3.05, 3.63) is 18.6 Å². The van der Waals surface area contributed by atoms with Crippen LogP contribution in [0.1, 0.15) is 32.1 Å². The predicted octanol–water partition coefficient (Wildman–Crippen LogP) is 2.15. The molecule has 0 atom stereocenters. The van der Waals surface area contributed by atoms with E-state index in [0.717, 1.165) is 0 Å². The predicted molar refractivity (Wildman–Crippen MR) is 62.6 cm³/mol. The van der Waals surface area contributed by atoms with E-state index in [4.69, 9.17) is 4.74 Å². The molecule has 2 rings (SSSR count). The molecule has 0 aliphatic heterocycles. The fraction of sp³-hybridized carbons (Fsp3) is 0.583. The van der Waals surface area contributed by atoms with Crippen LogP contribution in [0.2, 0.25) is 0 Å². The van der Waals surface area contributed by atoms with Gasteiger partial charge >= 0.3 is 6.09 Å². The topological polar surface area (TPSA) is 64.1 Å². The van der Waals surface area contributed by atoms with Gasteiger partial charge in [-0.2, -0.15) is 0 Å². The van der Waals surface area contributed by atoms with Crippen LogP contribution in [0.3, 0.4) is 0 Å². The van der Waals surface area contributed by atoms with Gasteiger partial charge in [-0.25, -0.2) is 9.78 Å². The van der Waals surface area contributed by atoms with Crippen molar-refractivity contribution in [3.63, 3.8) is 0 Å². The van der Waals surface area contributed by atoms with E-state index in [9.17, 15) is 4.79 Å². The lowest BCUT2D eigenvalue weighted by atomic mass is 9.89. The van der Waals surface area contributed by atoms with E-state index in [-0.39, 0.29) is 5.88 Å². The van der Waals surface area contributed by atoms with E-state index in [1.54, 1.807) is 0 Å². The number of carbonyl (C=O) groups is 1. The zero-order chi connectivity index (χ0) is 11.9. The van der Waals surface area contributed by atoms with Gasteiger partial charge < -0.3 is 10.1 Å². The van der Waals surface area contributed by atoms with Crippen LogP contribution in [-0.2, 0) is 0 Å². The molecule has 17 heavy (non-hydrogen) atoms. The number of nitrogens with one attached hydrogen (secondary N) is 1. The van der Waals surface area contributed by atoms with Crippen LogP contribution in [0.25, 0.3) is 0 Å². The number of ether oxygens (including phenoxy) is 1. The normalized spacial score (nSPS) is 16.5. The van der Waals surface area contributed by atoms with Crippen molar-refractivity contribution in [3.8, 4) is 5.88 Å². The molecular weight excluding hydrogens is 218 g/mol. The quantitative estimate of drug-likeness (QED) is 0.871. The Morgan fingerprint density at radius 1 is 1.35 bits per heavy atom. The van der Waals surface area contributed by atoms with E-state index in [1.165, 1.54) is 50.7 Å². The summed E-state index contributed by atoms with van der Waals surface area (Å²) < 4.78 is 4.98. The Morgan fingerprint density at radius 2 is 2.18 bits per heavy atom. The average molecular weight is 235 g/mol. The van der Waals surface area contributed by atoms with Gasteiger partial charge in [0, 0.05) is 18.9 Å². The molecule has 92 valence electrons. The number of hydrogen-bond donors (Lipinski definition) is 1. The SMILES string of the molecule is O=C(NCC1CCCCC1)Oc1cnccn1. The smallest absolute Gasteiger partial charge is 0.390 e. The monoisotopic (exact) mass is 235 g/mol. The second kappa shape index (κ2) is 6.18. The maximum atomic E-state index is 11.5. The van der Waals surface area contributed by atoms with E-state index < -0.39 is 6.09 Å². The molecule has 1 aliphatic carbocycles. The molecule has 0 spiro atoms. The molecule has 1 aromatic heterocycles. The van der Waals surface area contributed by atoms with Gasteiger partial charge in [-0.15, -0.1) is 0 Å². The van der Waals surface area contributed by atoms with Crippen molar-refractivity contribution in [1.29, 1.82) is 0 Å². The van der Waals surface area contributed by atoms with Gasteiger partial charge in [-0.05, 0) is 18.8 Å². The van der Waals surface area contributed by atoms with Crippen LogP contribution in [0.4, 0.5) is 4.79 Å². The minimum absolute atomic E-state index is 0.230. The van der Waals surface area contributed by atoms with E-state index >= 15 is 0 Å². The lowest BCUT2D eigenvalue weighted by Crippen LogP contribution is -2.32. The molecule has 1 aliphatic rings. The molecule has 0 saturated heterocycles. The molecule has 1 N–H and O–H groups in total. The molecule has 0 unspecified atom stereocenters. The summed E-state index contributed by atoms with van der Waals surface area (Å²) in [6, 6.07) is 0. The van der Waals surface area contributed by atoms with Crippen LogP contribution < -0.4 is 10.1 Å². The van der Waals surface area contributed by atoms with Gasteiger partial charge in [-0.1, -0.05) is 19.3 Å². The van der Waals surface area contributed by atoms with E-state index in [2.05, 4.69) is 15.3 Å². The Hall–Kier alpha value is -1.65. The summed E-state index contributed by atoms with van der Waals surface area (Å²) in [5.74, 6) is 0.826. The van der Waals surface area contributed by atoms with Crippen LogP contribution in [0.5, 0.6) is 5.88 Å². The van der Waals surface area contributed by atoms with Crippen LogP contribution in [-0.4, -0.2) is 22.6 Å². The molecule has 1 heterocycles. The highest BCUT2D eigenvalue weighted by molar-refractivity contribution is 5.69. The minimum Gasteiger partial charge on any atom is -0.390 e. The Labute approximate surface area is 101 Å². The highest BCUT2D eigenvalue weighted by Gasteiger charge is 2.14. The zero-order valence-electron chi connectivity index (χ0n) is 9.76. The van der Waals surface area contributed by atoms with Crippen LogP contribution >= 0.6 is 0 Å². The van der Waals surface area contributed by atoms with Gasteiger partial charge in [0.05, 0.1) is 6.20 Å². The fourth-order valence-electron chi connectivity index (χ4n) is 2.09. The summed E-state index contributed by atoms with van der Waals surface area (Å²) in [5.41, 5.74) is 0. The van der Waals surface area contributed by atoms with E-state index in [0.29, 0.717) is 12.5 Å². The van der Waals surface area contributed by atoms with Crippen molar-refractivity contribution >= 4 is 6.09 Å². The number of amides is 1. The molecule has 1 fully saturated rings. The maximum Gasteiger partial charge on any atom is 0.414 e. The fourth-order valence-corrected chi connectivity index (χ4v) is 2.09. The standard InChI is InChI=1S/C12H17N3O2/c16-12(17-11-9-13-6-7-14-11)15-8-10-4-2-1-3-5-10/h6-7,9-10H,1-5,8H2,(H,15,16). The zero-order valence-corrected chi connectivity index (χ0v) is 9.76. The van der Waals surface area contributed by atoms with Crippen molar-refractivity contribution in [2.24, 2.45) is 5.92 Å². The van der Waals surface area contributed by atoms with Crippen molar-refractivity contribution in [2.75, 3.05) is 6.54 Å². The molecule has 0 aromatic carbocycles. The summed E-state index contributed by atoms with van der Waals surface area (Å²) >= 11 is 0.